The number of nitrogens with zero attached hydrogens (tertiary/aromatic N) is 1. The summed E-state index contributed by atoms with van der Waals surface area (Å²) in [5, 5.41) is 9.02. The molecule has 0 spiro atoms. The van der Waals surface area contributed by atoms with E-state index >= 15 is 0 Å². The second-order valence-electron chi connectivity index (χ2n) is 4.90. The molecule has 2 nitrogen and oxygen atoms in total. The first kappa shape index (κ1) is 14.2. The van der Waals surface area contributed by atoms with Gasteiger partial charge in [0.25, 0.3) is 0 Å². The number of halogens is 3. The van der Waals surface area contributed by atoms with Crippen LogP contribution in [0.2, 0.25) is 0 Å². The molecule has 0 saturated carbocycles. The van der Waals surface area contributed by atoms with E-state index in [2.05, 4.69) is 6.92 Å². The Kier molecular flexibility index (Phi) is 4.04. The highest BCUT2D eigenvalue weighted by Gasteiger charge is 2.34. The average Bonchev–Trinajstić information content (AvgIpc) is 2.85. The van der Waals surface area contributed by atoms with Crippen LogP contribution in [0.1, 0.15) is 37.3 Å². The molecule has 106 valence electrons. The van der Waals surface area contributed by atoms with Gasteiger partial charge in [0.1, 0.15) is 0 Å². The monoisotopic (exact) mass is 273 g/mol. The summed E-state index contributed by atoms with van der Waals surface area (Å²) in [6.07, 6.45) is -1.44. The molecule has 1 aliphatic heterocycles. The molecule has 5 heteroatoms. The number of aliphatic hydroxyl groups is 1. The van der Waals surface area contributed by atoms with Crippen LogP contribution in [0.4, 0.5) is 18.9 Å². The molecule has 1 unspecified atom stereocenters. The van der Waals surface area contributed by atoms with E-state index in [0.717, 1.165) is 25.8 Å². The first-order chi connectivity index (χ1) is 8.97. The lowest BCUT2D eigenvalue weighted by Gasteiger charge is -2.27. The van der Waals surface area contributed by atoms with E-state index < -0.39 is 18.3 Å². The number of aliphatic hydroxyl groups excluding tert-OH is 1. The van der Waals surface area contributed by atoms with E-state index in [-0.39, 0.29) is 5.56 Å². The highest BCUT2D eigenvalue weighted by Crippen LogP contribution is 2.36. The van der Waals surface area contributed by atoms with Crippen molar-refractivity contribution >= 4 is 5.69 Å². The van der Waals surface area contributed by atoms with Gasteiger partial charge in [-0.1, -0.05) is 13.0 Å². The largest absolute Gasteiger partial charge is 0.416 e. The lowest BCUT2D eigenvalue weighted by molar-refractivity contribution is -0.138. The van der Waals surface area contributed by atoms with E-state index in [1.807, 2.05) is 4.90 Å². The van der Waals surface area contributed by atoms with Crippen LogP contribution >= 0.6 is 0 Å². The Labute approximate surface area is 110 Å². The Morgan fingerprint density at radius 1 is 1.37 bits per heavy atom. The van der Waals surface area contributed by atoms with Crippen LogP contribution in [-0.2, 0) is 12.8 Å². The molecule has 0 amide bonds. The fraction of sp³-hybridized carbons (Fsp3) is 0.571. The van der Waals surface area contributed by atoms with Crippen LogP contribution in [0.15, 0.2) is 18.2 Å². The summed E-state index contributed by atoms with van der Waals surface area (Å²) in [5.41, 5.74) is -0.188. The molecule has 1 aromatic carbocycles. The van der Waals surface area contributed by atoms with Crippen molar-refractivity contribution in [1.82, 2.24) is 0 Å². The molecule has 1 atom stereocenters. The highest BCUT2D eigenvalue weighted by molar-refractivity contribution is 5.53. The molecule has 1 aliphatic rings. The van der Waals surface area contributed by atoms with Gasteiger partial charge in [0, 0.05) is 18.3 Å². The molecular formula is C14H18F3NO. The second kappa shape index (κ2) is 5.41. The van der Waals surface area contributed by atoms with Gasteiger partial charge >= 0.3 is 6.18 Å². The van der Waals surface area contributed by atoms with Gasteiger partial charge in [-0.15, -0.1) is 0 Å². The Morgan fingerprint density at radius 3 is 2.68 bits per heavy atom. The summed E-state index contributed by atoms with van der Waals surface area (Å²) in [6, 6.07) is 4.54. The first-order valence-corrected chi connectivity index (χ1v) is 6.55. The van der Waals surface area contributed by atoms with Gasteiger partial charge < -0.3 is 10.0 Å². The summed E-state index contributed by atoms with van der Waals surface area (Å²) in [4.78, 5) is 2.04. The zero-order chi connectivity index (χ0) is 14.0. The molecule has 1 aromatic rings. The molecule has 1 heterocycles. The third kappa shape index (κ3) is 2.86. The van der Waals surface area contributed by atoms with Crippen molar-refractivity contribution in [2.24, 2.45) is 0 Å². The quantitative estimate of drug-likeness (QED) is 0.910. The summed E-state index contributed by atoms with van der Waals surface area (Å²) >= 11 is 0. The normalized spacial score (nSPS) is 20.1. The van der Waals surface area contributed by atoms with Gasteiger partial charge in [0.05, 0.1) is 12.2 Å². The van der Waals surface area contributed by atoms with Crippen LogP contribution in [0.3, 0.4) is 0 Å². The topological polar surface area (TPSA) is 23.5 Å². The Bertz CT molecular complexity index is 445. The van der Waals surface area contributed by atoms with Crippen molar-refractivity contribution in [2.75, 3.05) is 11.4 Å². The lowest BCUT2D eigenvalue weighted by atomic mass is 10.1. The van der Waals surface area contributed by atoms with Gasteiger partial charge in [-0.2, -0.15) is 13.2 Å². The summed E-state index contributed by atoms with van der Waals surface area (Å²) in [7, 11) is 0. The third-order valence-electron chi connectivity index (χ3n) is 3.75. The van der Waals surface area contributed by atoms with Crippen LogP contribution in [0.25, 0.3) is 0 Å². The van der Waals surface area contributed by atoms with Crippen LogP contribution < -0.4 is 4.90 Å². The third-order valence-corrected chi connectivity index (χ3v) is 3.75. The lowest BCUT2D eigenvalue weighted by Crippen LogP contribution is -2.28. The van der Waals surface area contributed by atoms with E-state index in [9.17, 15) is 13.2 Å². The van der Waals surface area contributed by atoms with E-state index in [4.69, 9.17) is 5.11 Å². The first-order valence-electron chi connectivity index (χ1n) is 6.55. The number of hydrogen-bond acceptors (Lipinski definition) is 2. The zero-order valence-electron chi connectivity index (χ0n) is 10.9. The summed E-state index contributed by atoms with van der Waals surface area (Å²) < 4.78 is 38.9. The molecule has 2 rings (SSSR count). The minimum atomic E-state index is -4.42. The van der Waals surface area contributed by atoms with Crippen LogP contribution in [-0.4, -0.2) is 17.7 Å². The Morgan fingerprint density at radius 2 is 2.11 bits per heavy atom. The van der Waals surface area contributed by atoms with Crippen molar-refractivity contribution in [1.29, 1.82) is 0 Å². The van der Waals surface area contributed by atoms with Crippen molar-refractivity contribution in [3.05, 3.63) is 29.3 Å². The smallest absolute Gasteiger partial charge is 0.392 e. The summed E-state index contributed by atoms with van der Waals surface area (Å²) in [5.74, 6) is 0. The molecule has 0 aliphatic carbocycles. The van der Waals surface area contributed by atoms with Gasteiger partial charge in [-0.25, -0.2) is 0 Å². The number of benzene rings is 1. The predicted octanol–water partition coefficient (Wildman–Crippen LogP) is 3.58. The number of anilines is 1. The van der Waals surface area contributed by atoms with Gasteiger partial charge in [-0.05, 0) is 37.0 Å². The van der Waals surface area contributed by atoms with Crippen molar-refractivity contribution in [3.8, 4) is 0 Å². The molecule has 1 fully saturated rings. The van der Waals surface area contributed by atoms with Gasteiger partial charge in [-0.3, -0.25) is 0 Å². The number of hydrogen-bond donors (Lipinski definition) is 1. The summed E-state index contributed by atoms with van der Waals surface area (Å²) in [6.45, 7) is 2.26. The Hall–Kier alpha value is -1.23. The van der Waals surface area contributed by atoms with Crippen LogP contribution in [0.5, 0.6) is 0 Å². The molecule has 1 N–H and O–H groups in total. The van der Waals surface area contributed by atoms with Crippen molar-refractivity contribution in [3.63, 3.8) is 0 Å². The predicted molar refractivity (Wildman–Crippen MR) is 68.0 cm³/mol. The van der Waals surface area contributed by atoms with E-state index in [1.165, 1.54) is 12.1 Å². The highest BCUT2D eigenvalue weighted by atomic mass is 19.4. The molecular weight excluding hydrogens is 255 g/mol. The van der Waals surface area contributed by atoms with Gasteiger partial charge in [0.15, 0.2) is 0 Å². The fourth-order valence-electron chi connectivity index (χ4n) is 2.74. The molecule has 0 aromatic heterocycles. The maximum Gasteiger partial charge on any atom is 0.416 e. The average molecular weight is 273 g/mol. The molecule has 0 bridgehead atoms. The Balaban J connectivity index is 2.38. The van der Waals surface area contributed by atoms with E-state index in [1.54, 1.807) is 6.07 Å². The maximum atomic E-state index is 13.0. The van der Waals surface area contributed by atoms with Crippen LogP contribution in [0, 0.1) is 0 Å². The minimum Gasteiger partial charge on any atom is -0.392 e. The van der Waals surface area contributed by atoms with E-state index in [0.29, 0.717) is 11.7 Å². The zero-order valence-corrected chi connectivity index (χ0v) is 10.9. The second-order valence-corrected chi connectivity index (χ2v) is 4.90. The fourth-order valence-corrected chi connectivity index (χ4v) is 2.74. The van der Waals surface area contributed by atoms with Crippen molar-refractivity contribution < 1.29 is 18.3 Å². The standard InChI is InChI=1S/C14H18F3NO/c1-2-11-4-3-7-18(11)12-6-5-10(9-19)13(8-12)14(15,16)17/h5-6,8,11,19H,2-4,7,9H2,1H3. The van der Waals surface area contributed by atoms with Gasteiger partial charge in [0.2, 0.25) is 0 Å². The minimum absolute atomic E-state index is 0.0662. The maximum absolute atomic E-state index is 13.0. The van der Waals surface area contributed by atoms with Crippen molar-refractivity contribution in [2.45, 2.75) is 45.0 Å². The molecule has 1 saturated heterocycles. The SMILES string of the molecule is CCC1CCCN1c1ccc(CO)c(C(F)(F)F)c1. The molecule has 0 radical (unpaired) electrons. The molecule has 19 heavy (non-hydrogen) atoms. The number of rotatable bonds is 3. The number of alkyl halides is 3.